The summed E-state index contributed by atoms with van der Waals surface area (Å²) in [6.45, 7) is 2.92. The number of carbonyl (C=O) groups is 4. The Morgan fingerprint density at radius 2 is 1.86 bits per heavy atom. The number of nitrogens with zero attached hydrogens (tertiary/aromatic N) is 1. The summed E-state index contributed by atoms with van der Waals surface area (Å²) in [6.07, 6.45) is 1.41. The quantitative estimate of drug-likeness (QED) is 0.444. The minimum atomic E-state index is -0.979. The highest BCUT2D eigenvalue weighted by atomic mass is 16.5. The molecule has 0 saturated carbocycles. The van der Waals surface area contributed by atoms with E-state index in [1.807, 2.05) is 24.3 Å². The van der Waals surface area contributed by atoms with Gasteiger partial charge in [-0.2, -0.15) is 0 Å². The van der Waals surface area contributed by atoms with Crippen molar-refractivity contribution in [1.29, 1.82) is 0 Å². The van der Waals surface area contributed by atoms with Gasteiger partial charge < -0.3 is 20.1 Å². The molecule has 0 spiro atoms. The molecule has 1 aromatic carbocycles. The van der Waals surface area contributed by atoms with Crippen molar-refractivity contribution in [3.05, 3.63) is 29.8 Å². The van der Waals surface area contributed by atoms with Gasteiger partial charge in [-0.25, -0.2) is 4.79 Å². The van der Waals surface area contributed by atoms with E-state index >= 15 is 0 Å². The van der Waals surface area contributed by atoms with Gasteiger partial charge in [0.25, 0.3) is 11.8 Å². The molecule has 1 aliphatic heterocycles. The van der Waals surface area contributed by atoms with E-state index in [2.05, 4.69) is 10.6 Å². The molecule has 0 aliphatic carbocycles. The van der Waals surface area contributed by atoms with Gasteiger partial charge in [0.05, 0.1) is 7.11 Å². The van der Waals surface area contributed by atoms with Gasteiger partial charge >= 0.3 is 12.0 Å². The monoisotopic (exact) mass is 405 g/mol. The van der Waals surface area contributed by atoms with Crippen LogP contribution in [-0.4, -0.2) is 61.1 Å². The number of ether oxygens (including phenoxy) is 2. The van der Waals surface area contributed by atoms with Crippen LogP contribution in [0.4, 0.5) is 4.79 Å². The molecule has 0 radical (unpaired) electrons. The molecule has 9 nitrogen and oxygen atoms in total. The maximum Gasteiger partial charge on any atom is 0.326 e. The van der Waals surface area contributed by atoms with Crippen LogP contribution in [0.2, 0.25) is 0 Å². The highest BCUT2D eigenvalue weighted by Gasteiger charge is 2.49. The molecule has 1 fully saturated rings. The summed E-state index contributed by atoms with van der Waals surface area (Å²) >= 11 is 0. The highest BCUT2D eigenvalue weighted by molar-refractivity contribution is 6.08. The van der Waals surface area contributed by atoms with Gasteiger partial charge in [-0.05, 0) is 30.9 Å². The molecule has 4 amide bonds. The van der Waals surface area contributed by atoms with E-state index in [0.29, 0.717) is 25.8 Å². The van der Waals surface area contributed by atoms with E-state index in [0.717, 1.165) is 16.2 Å². The van der Waals surface area contributed by atoms with Crippen LogP contribution in [0.15, 0.2) is 24.3 Å². The topological polar surface area (TPSA) is 114 Å². The summed E-state index contributed by atoms with van der Waals surface area (Å²) in [6, 6.07) is 6.84. The molecule has 0 bridgehead atoms. The number of para-hydroxylation sites is 1. The van der Waals surface area contributed by atoms with E-state index < -0.39 is 42.5 Å². The van der Waals surface area contributed by atoms with Gasteiger partial charge in [-0.3, -0.25) is 19.3 Å². The van der Waals surface area contributed by atoms with Crippen LogP contribution < -0.4 is 15.4 Å². The standard InChI is InChI=1S/C20H27N3O6/c1-4-20(5-2)18(26)23(19(27)22-20)12-17(25)29-13-16(24)21-11-10-14-8-6-7-9-15(14)28-3/h6-9H,4-5,10-13H2,1-3H3,(H,21,24)(H,22,27). The van der Waals surface area contributed by atoms with E-state index in [-0.39, 0.29) is 0 Å². The van der Waals surface area contributed by atoms with Crippen molar-refractivity contribution in [2.24, 2.45) is 0 Å². The molecule has 1 saturated heterocycles. The van der Waals surface area contributed by atoms with Crippen molar-refractivity contribution in [3.63, 3.8) is 0 Å². The number of hydrogen-bond donors (Lipinski definition) is 2. The fourth-order valence-corrected chi connectivity index (χ4v) is 3.17. The van der Waals surface area contributed by atoms with Crippen LogP contribution in [0.3, 0.4) is 0 Å². The third-order valence-corrected chi connectivity index (χ3v) is 5.01. The first kappa shape index (κ1) is 22.2. The van der Waals surface area contributed by atoms with Gasteiger partial charge in [-0.1, -0.05) is 32.0 Å². The zero-order valence-electron chi connectivity index (χ0n) is 16.9. The first-order chi connectivity index (χ1) is 13.9. The minimum Gasteiger partial charge on any atom is -0.496 e. The van der Waals surface area contributed by atoms with Crippen molar-refractivity contribution in [2.45, 2.75) is 38.6 Å². The van der Waals surface area contributed by atoms with E-state index in [1.54, 1.807) is 21.0 Å². The lowest BCUT2D eigenvalue weighted by Gasteiger charge is -2.22. The molecule has 0 unspecified atom stereocenters. The fraction of sp³-hybridized carbons (Fsp3) is 0.500. The lowest BCUT2D eigenvalue weighted by Crippen LogP contribution is -2.46. The van der Waals surface area contributed by atoms with E-state index in [4.69, 9.17) is 9.47 Å². The SMILES string of the molecule is CCC1(CC)NC(=O)N(CC(=O)OCC(=O)NCCc2ccccc2OC)C1=O. The third kappa shape index (κ3) is 5.24. The second-order valence-electron chi connectivity index (χ2n) is 6.68. The average molecular weight is 405 g/mol. The van der Waals surface area contributed by atoms with Crippen LogP contribution in [0.1, 0.15) is 32.3 Å². The first-order valence-corrected chi connectivity index (χ1v) is 9.55. The van der Waals surface area contributed by atoms with Crippen molar-refractivity contribution in [3.8, 4) is 5.75 Å². The summed E-state index contributed by atoms with van der Waals surface area (Å²) in [7, 11) is 1.58. The predicted octanol–water partition coefficient (Wildman–Crippen LogP) is 1.01. The number of rotatable bonds is 10. The van der Waals surface area contributed by atoms with E-state index in [9.17, 15) is 19.2 Å². The molecule has 158 valence electrons. The number of methoxy groups -OCH3 is 1. The number of amides is 4. The van der Waals surface area contributed by atoms with Gasteiger partial charge in [0.2, 0.25) is 0 Å². The molecule has 2 rings (SSSR count). The highest BCUT2D eigenvalue weighted by Crippen LogP contribution is 2.24. The molecular weight excluding hydrogens is 378 g/mol. The number of carbonyl (C=O) groups excluding carboxylic acids is 4. The molecule has 1 aromatic rings. The fourth-order valence-electron chi connectivity index (χ4n) is 3.17. The summed E-state index contributed by atoms with van der Waals surface area (Å²) in [5.41, 5.74) is -0.0334. The number of esters is 1. The van der Waals surface area contributed by atoms with Crippen LogP contribution in [0, 0.1) is 0 Å². The zero-order chi connectivity index (χ0) is 21.4. The van der Waals surface area contributed by atoms with Gasteiger partial charge in [0.1, 0.15) is 17.8 Å². The first-order valence-electron chi connectivity index (χ1n) is 9.55. The van der Waals surface area contributed by atoms with Crippen LogP contribution in [0.5, 0.6) is 5.75 Å². The van der Waals surface area contributed by atoms with Gasteiger partial charge in [0, 0.05) is 6.54 Å². The molecule has 9 heteroatoms. The maximum absolute atomic E-state index is 12.4. The Labute approximate surface area is 169 Å². The zero-order valence-corrected chi connectivity index (χ0v) is 16.9. The van der Waals surface area contributed by atoms with Crippen molar-refractivity contribution in [1.82, 2.24) is 15.5 Å². The minimum absolute atomic E-state index is 0.347. The molecule has 1 heterocycles. The third-order valence-electron chi connectivity index (χ3n) is 5.01. The van der Waals surface area contributed by atoms with Gasteiger partial charge in [0.15, 0.2) is 6.61 Å². The normalized spacial score (nSPS) is 15.1. The van der Waals surface area contributed by atoms with Crippen LogP contribution >= 0.6 is 0 Å². The van der Waals surface area contributed by atoms with Crippen molar-refractivity contribution in [2.75, 3.05) is 26.8 Å². The summed E-state index contributed by atoms with van der Waals surface area (Å²) in [5, 5.41) is 5.28. The second kappa shape index (κ2) is 9.90. The second-order valence-corrected chi connectivity index (χ2v) is 6.68. The Morgan fingerprint density at radius 3 is 2.48 bits per heavy atom. The van der Waals surface area contributed by atoms with Crippen LogP contribution in [0.25, 0.3) is 0 Å². The van der Waals surface area contributed by atoms with Gasteiger partial charge in [-0.15, -0.1) is 0 Å². The lowest BCUT2D eigenvalue weighted by molar-refractivity contribution is -0.151. The number of imide groups is 1. The van der Waals surface area contributed by atoms with Crippen molar-refractivity contribution >= 4 is 23.8 Å². The number of benzene rings is 1. The molecule has 2 N–H and O–H groups in total. The maximum atomic E-state index is 12.4. The Kier molecular flexibility index (Phi) is 7.58. The Hall–Kier alpha value is -3.10. The number of urea groups is 1. The van der Waals surface area contributed by atoms with E-state index in [1.165, 1.54) is 0 Å². The summed E-state index contributed by atoms with van der Waals surface area (Å²) in [4.78, 5) is 49.1. The molecule has 29 heavy (non-hydrogen) atoms. The number of hydrogen-bond acceptors (Lipinski definition) is 6. The Bertz CT molecular complexity index is 775. The lowest BCUT2D eigenvalue weighted by atomic mass is 9.93. The Balaban J connectivity index is 1.75. The summed E-state index contributed by atoms with van der Waals surface area (Å²) < 4.78 is 10.1. The van der Waals surface area contributed by atoms with Crippen molar-refractivity contribution < 1.29 is 28.7 Å². The number of nitrogens with one attached hydrogen (secondary N) is 2. The van der Waals surface area contributed by atoms with Crippen LogP contribution in [-0.2, 0) is 25.5 Å². The molecular formula is C20H27N3O6. The summed E-state index contributed by atoms with van der Waals surface area (Å²) in [5.74, 6) is -1.01. The molecule has 0 aromatic heterocycles. The average Bonchev–Trinajstić information content (AvgIpc) is 2.97. The molecule has 1 aliphatic rings. The smallest absolute Gasteiger partial charge is 0.326 e. The molecule has 0 atom stereocenters. The Morgan fingerprint density at radius 1 is 1.17 bits per heavy atom. The predicted molar refractivity (Wildman–Crippen MR) is 104 cm³/mol. The largest absolute Gasteiger partial charge is 0.496 e.